The van der Waals surface area contributed by atoms with E-state index in [2.05, 4.69) is 26.0 Å². The summed E-state index contributed by atoms with van der Waals surface area (Å²) in [5.74, 6) is -1.23. The van der Waals surface area contributed by atoms with Crippen LogP contribution in [0.15, 0.2) is 36.5 Å². The van der Waals surface area contributed by atoms with E-state index in [1.165, 1.54) is 103 Å². The molecule has 4 unspecified atom stereocenters. The molecule has 13 nitrogen and oxygen atoms in total. The Morgan fingerprint density at radius 1 is 0.544 bits per heavy atom. The Balaban J connectivity index is 2.55. The van der Waals surface area contributed by atoms with Crippen LogP contribution in [-0.2, 0) is 32.7 Å². The lowest BCUT2D eigenvalue weighted by Gasteiger charge is -2.41. The van der Waals surface area contributed by atoms with Gasteiger partial charge in [-0.25, -0.2) is 4.57 Å². The third-order valence-electron chi connectivity index (χ3n) is 9.98. The molecule has 6 N–H and O–H groups in total. The molecule has 0 aromatic heterocycles. The largest absolute Gasteiger partial charge is 0.472 e. The minimum Gasteiger partial charge on any atom is -0.462 e. The van der Waals surface area contributed by atoms with Crippen LogP contribution in [0.5, 0.6) is 0 Å². The Kier molecular flexibility index (Phi) is 31.5. The second kappa shape index (κ2) is 33.9. The number of rotatable bonds is 35. The second-order valence-corrected chi connectivity index (χ2v) is 16.6. The van der Waals surface area contributed by atoms with Crippen molar-refractivity contribution in [3.8, 4) is 0 Å². The van der Waals surface area contributed by atoms with Crippen LogP contribution in [0.1, 0.15) is 168 Å². The fourth-order valence-electron chi connectivity index (χ4n) is 6.42. The van der Waals surface area contributed by atoms with Crippen LogP contribution in [0, 0.1) is 0 Å². The van der Waals surface area contributed by atoms with Crippen LogP contribution in [0.25, 0.3) is 0 Å². The number of carbonyl (C=O) groups is 2. The minimum absolute atomic E-state index is 0.0154. The monoisotopic (exact) mass is 833 g/mol. The number of carbonyl (C=O) groups excluding carboxylic acids is 2. The van der Waals surface area contributed by atoms with E-state index in [4.69, 9.17) is 18.5 Å². The third-order valence-corrected chi connectivity index (χ3v) is 11.0. The van der Waals surface area contributed by atoms with E-state index < -0.39 is 75.7 Å². The molecular formula is C43H77O13P. The normalized spacial score (nSPS) is 23.0. The zero-order valence-corrected chi connectivity index (χ0v) is 35.8. The second-order valence-electron chi connectivity index (χ2n) is 15.2. The van der Waals surface area contributed by atoms with Gasteiger partial charge in [0.1, 0.15) is 43.2 Å². The van der Waals surface area contributed by atoms with Crippen molar-refractivity contribution < 1.29 is 63.1 Å². The average Bonchev–Trinajstić information content (AvgIpc) is 3.19. The van der Waals surface area contributed by atoms with Gasteiger partial charge >= 0.3 is 19.8 Å². The molecule has 0 saturated heterocycles. The Bertz CT molecular complexity index is 1150. The van der Waals surface area contributed by atoms with Crippen molar-refractivity contribution in [3.05, 3.63) is 36.5 Å². The van der Waals surface area contributed by atoms with Gasteiger partial charge in [-0.1, -0.05) is 147 Å². The van der Waals surface area contributed by atoms with Crippen LogP contribution in [0.4, 0.5) is 0 Å². The highest BCUT2D eigenvalue weighted by Crippen LogP contribution is 2.47. The van der Waals surface area contributed by atoms with Gasteiger partial charge in [0.05, 0.1) is 6.61 Å². The first-order valence-corrected chi connectivity index (χ1v) is 23.3. The molecule has 0 aromatic rings. The summed E-state index contributed by atoms with van der Waals surface area (Å²) in [5.41, 5.74) is 0. The first kappa shape index (κ1) is 53.1. The highest BCUT2D eigenvalue weighted by atomic mass is 31.2. The fraction of sp³-hybridized carbons (Fsp3) is 0.814. The summed E-state index contributed by atoms with van der Waals surface area (Å²) in [6, 6.07) is 0. The number of phosphoric ester groups is 1. The molecule has 1 aliphatic carbocycles. The lowest BCUT2D eigenvalue weighted by atomic mass is 9.85. The molecule has 1 aliphatic rings. The summed E-state index contributed by atoms with van der Waals surface area (Å²) in [4.78, 5) is 35.5. The van der Waals surface area contributed by atoms with Gasteiger partial charge in [-0.2, -0.15) is 0 Å². The highest BCUT2D eigenvalue weighted by Gasteiger charge is 2.51. The molecule has 0 heterocycles. The van der Waals surface area contributed by atoms with Gasteiger partial charge in [-0.15, -0.1) is 0 Å². The molecular weight excluding hydrogens is 755 g/mol. The number of ether oxygens (including phenoxy) is 2. The molecule has 14 heteroatoms. The van der Waals surface area contributed by atoms with Crippen molar-refractivity contribution in [2.45, 2.75) is 211 Å². The van der Waals surface area contributed by atoms with Gasteiger partial charge in [-0.05, 0) is 44.9 Å². The standard InChI is InChI=1S/C43H77O13P/c1-3-5-7-9-11-13-15-17-18-20-22-24-26-28-30-32-37(45)55-35(34-54-57(51,52)56-43-41(49)39(47)38(46)40(48)42(43)50)33-53-36(44)31-29-27-25-23-21-19-16-14-12-10-8-6-4-2/h20,22,25-28,35,38-43,46-50H,3-19,21,23-24,29-34H2,1-2H3,(H,51,52)/b22-20-,27-25-,28-26-/t35?,38?,39-,40+,41-,42-,43?/m1/s1. The van der Waals surface area contributed by atoms with E-state index >= 15 is 0 Å². The Morgan fingerprint density at radius 3 is 1.46 bits per heavy atom. The minimum atomic E-state index is -5.13. The van der Waals surface area contributed by atoms with Gasteiger partial charge < -0.3 is 39.9 Å². The van der Waals surface area contributed by atoms with E-state index in [1.54, 1.807) is 0 Å². The molecule has 1 rings (SSSR count). The first-order chi connectivity index (χ1) is 27.4. The maximum Gasteiger partial charge on any atom is 0.472 e. The van der Waals surface area contributed by atoms with Crippen LogP contribution >= 0.6 is 7.82 Å². The molecule has 332 valence electrons. The summed E-state index contributed by atoms with van der Waals surface area (Å²) in [6.45, 7) is 3.19. The summed E-state index contributed by atoms with van der Waals surface area (Å²) in [6.07, 6.45) is 23.8. The quantitative estimate of drug-likeness (QED) is 0.0156. The zero-order valence-electron chi connectivity index (χ0n) is 34.9. The molecule has 0 radical (unpaired) electrons. The van der Waals surface area contributed by atoms with Crippen LogP contribution in [-0.4, -0.2) is 98.3 Å². The number of aliphatic hydroxyl groups excluding tert-OH is 5. The number of aliphatic hydroxyl groups is 5. The van der Waals surface area contributed by atoms with Crippen molar-refractivity contribution in [1.29, 1.82) is 0 Å². The number of allylic oxidation sites excluding steroid dienone is 6. The van der Waals surface area contributed by atoms with E-state index in [0.717, 1.165) is 25.7 Å². The van der Waals surface area contributed by atoms with E-state index in [1.807, 2.05) is 24.3 Å². The number of hydrogen-bond donors (Lipinski definition) is 6. The predicted octanol–water partition coefficient (Wildman–Crippen LogP) is 7.83. The van der Waals surface area contributed by atoms with Gasteiger partial charge in [0.2, 0.25) is 0 Å². The maximum absolute atomic E-state index is 12.8. The predicted molar refractivity (Wildman–Crippen MR) is 221 cm³/mol. The van der Waals surface area contributed by atoms with Gasteiger partial charge in [0.25, 0.3) is 0 Å². The number of phosphoric acid groups is 1. The number of esters is 2. The van der Waals surface area contributed by atoms with Crippen LogP contribution in [0.2, 0.25) is 0 Å². The molecule has 57 heavy (non-hydrogen) atoms. The Hall–Kier alpha value is -1.93. The van der Waals surface area contributed by atoms with Crippen molar-refractivity contribution in [2.75, 3.05) is 13.2 Å². The lowest BCUT2D eigenvalue weighted by Crippen LogP contribution is -2.64. The molecule has 1 fully saturated rings. The summed E-state index contributed by atoms with van der Waals surface area (Å²) in [7, 11) is -5.13. The van der Waals surface area contributed by atoms with Crippen LogP contribution < -0.4 is 0 Å². The average molecular weight is 833 g/mol. The van der Waals surface area contributed by atoms with Gasteiger partial charge in [0.15, 0.2) is 6.10 Å². The fourth-order valence-corrected chi connectivity index (χ4v) is 7.39. The van der Waals surface area contributed by atoms with Gasteiger partial charge in [0, 0.05) is 12.8 Å². The zero-order chi connectivity index (χ0) is 42.2. The first-order valence-electron chi connectivity index (χ1n) is 21.8. The van der Waals surface area contributed by atoms with E-state index in [9.17, 15) is 44.6 Å². The summed E-state index contributed by atoms with van der Waals surface area (Å²) in [5, 5.41) is 50.0. The summed E-state index contributed by atoms with van der Waals surface area (Å²) >= 11 is 0. The van der Waals surface area contributed by atoms with E-state index in [0.29, 0.717) is 12.8 Å². The molecule has 0 aromatic carbocycles. The topological polar surface area (TPSA) is 210 Å². The molecule has 0 spiro atoms. The molecule has 1 saturated carbocycles. The number of unbranched alkanes of at least 4 members (excludes halogenated alkanes) is 17. The SMILES string of the molecule is CCCCCCCCCC/C=C\C/C=C\CCC(=O)OC(COC(=O)CC/C=C\CCCCCCCCCCC)COP(=O)(O)OC1[C@H](O)[C@H](O)C(O)[C@H](O)[C@H]1O. The molecule has 8 atom stereocenters. The maximum atomic E-state index is 12.8. The molecule has 0 bridgehead atoms. The third kappa shape index (κ3) is 26.7. The van der Waals surface area contributed by atoms with Crippen LogP contribution in [0.3, 0.4) is 0 Å². The summed E-state index contributed by atoms with van der Waals surface area (Å²) < 4.78 is 33.3. The molecule has 0 aliphatic heterocycles. The van der Waals surface area contributed by atoms with Crippen molar-refractivity contribution in [3.63, 3.8) is 0 Å². The highest BCUT2D eigenvalue weighted by molar-refractivity contribution is 7.47. The van der Waals surface area contributed by atoms with Crippen molar-refractivity contribution >= 4 is 19.8 Å². The smallest absolute Gasteiger partial charge is 0.462 e. The Morgan fingerprint density at radius 2 is 0.947 bits per heavy atom. The van der Waals surface area contributed by atoms with Crippen molar-refractivity contribution in [2.24, 2.45) is 0 Å². The van der Waals surface area contributed by atoms with E-state index in [-0.39, 0.29) is 12.8 Å². The number of hydrogen-bond acceptors (Lipinski definition) is 12. The van der Waals surface area contributed by atoms with Gasteiger partial charge in [-0.3, -0.25) is 18.6 Å². The molecule has 0 amide bonds. The Labute approximate surface area is 342 Å². The lowest BCUT2D eigenvalue weighted by molar-refractivity contribution is -0.220. The van der Waals surface area contributed by atoms with Crippen molar-refractivity contribution in [1.82, 2.24) is 0 Å².